The van der Waals surface area contributed by atoms with Crippen LogP contribution in [0.4, 0.5) is 0 Å². The van der Waals surface area contributed by atoms with Gasteiger partial charge in [-0.2, -0.15) is 0 Å². The van der Waals surface area contributed by atoms with Gasteiger partial charge in [0.15, 0.2) is 0 Å². The minimum atomic E-state index is -0.137. The molecule has 3 heterocycles. The Balaban J connectivity index is 1.02. The van der Waals surface area contributed by atoms with Gasteiger partial charge in [-0.15, -0.1) is 0 Å². The van der Waals surface area contributed by atoms with Crippen LogP contribution in [0.15, 0.2) is 136 Å². The predicted molar refractivity (Wildman–Crippen MR) is 201 cm³/mol. The van der Waals surface area contributed by atoms with Gasteiger partial charge in [-0.25, -0.2) is 0 Å². The van der Waals surface area contributed by atoms with E-state index in [0.29, 0.717) is 17.8 Å². The quantitative estimate of drug-likeness (QED) is 0.328. The lowest BCUT2D eigenvalue weighted by atomic mass is 9.72. The molecule has 8 rings (SSSR count). The van der Waals surface area contributed by atoms with Gasteiger partial charge in [-0.05, 0) is 117 Å². The van der Waals surface area contributed by atoms with Crippen molar-refractivity contribution in [2.24, 2.45) is 39.4 Å². The molecule has 5 aliphatic carbocycles. The maximum atomic E-state index is 6.81. The van der Waals surface area contributed by atoms with Crippen LogP contribution >= 0.6 is 0 Å². The SMILES string of the molecule is CC1=CCC=CC(/C=C/C2C=Cc3cc(C4C=C([C@@H]5CC=CC(C6=C7CC=CCCC7C7CCC=CC7=N6)=N5)C=CC4)cnc3C2N)C1. The van der Waals surface area contributed by atoms with E-state index in [9.17, 15) is 0 Å². The van der Waals surface area contributed by atoms with Gasteiger partial charge in [-0.1, -0.05) is 90.6 Å². The monoisotopic (exact) mass is 632 g/mol. The number of aliphatic imine (C=N–C) groups is 2. The minimum absolute atomic E-state index is 0.103. The van der Waals surface area contributed by atoms with Crippen molar-refractivity contribution in [3.63, 3.8) is 0 Å². The number of nitrogens with two attached hydrogens (primary N) is 1. The second kappa shape index (κ2) is 13.8. The highest BCUT2D eigenvalue weighted by Gasteiger charge is 2.36. The van der Waals surface area contributed by atoms with E-state index in [2.05, 4.69) is 116 Å². The van der Waals surface area contributed by atoms with Crippen molar-refractivity contribution >= 4 is 17.5 Å². The van der Waals surface area contributed by atoms with Gasteiger partial charge in [0.25, 0.3) is 0 Å². The number of hydrogen-bond donors (Lipinski definition) is 1. The van der Waals surface area contributed by atoms with E-state index in [1.54, 1.807) is 0 Å². The topological polar surface area (TPSA) is 63.6 Å². The lowest BCUT2D eigenvalue weighted by Gasteiger charge is -2.35. The molecule has 2 N–H and O–H groups in total. The smallest absolute Gasteiger partial charge is 0.0883 e. The zero-order chi connectivity index (χ0) is 32.5. The molecule has 0 amide bonds. The number of pyridine rings is 1. The first kappa shape index (κ1) is 31.1. The number of nitrogens with zero attached hydrogens (tertiary/aromatic N) is 3. The van der Waals surface area contributed by atoms with Crippen LogP contribution in [0, 0.1) is 23.7 Å². The third kappa shape index (κ3) is 6.35. The molecule has 244 valence electrons. The van der Waals surface area contributed by atoms with Crippen molar-refractivity contribution in [3.05, 3.63) is 143 Å². The molecule has 6 unspecified atom stereocenters. The summed E-state index contributed by atoms with van der Waals surface area (Å²) >= 11 is 0. The van der Waals surface area contributed by atoms with Crippen LogP contribution in [0.1, 0.15) is 93.5 Å². The van der Waals surface area contributed by atoms with Crippen molar-refractivity contribution in [1.29, 1.82) is 0 Å². The molecule has 4 nitrogen and oxygen atoms in total. The molecule has 0 bridgehead atoms. The fourth-order valence-electron chi connectivity index (χ4n) is 8.71. The van der Waals surface area contributed by atoms with Crippen LogP contribution in [0.2, 0.25) is 0 Å². The molecular weight excluding hydrogens is 585 g/mol. The molecule has 48 heavy (non-hydrogen) atoms. The molecule has 0 spiro atoms. The fraction of sp³-hybridized carbons (Fsp3) is 0.386. The molecule has 0 saturated heterocycles. The average molecular weight is 633 g/mol. The number of rotatable bonds is 5. The van der Waals surface area contributed by atoms with Crippen LogP contribution in [-0.2, 0) is 0 Å². The van der Waals surface area contributed by atoms with Crippen molar-refractivity contribution in [3.8, 4) is 0 Å². The molecule has 1 aromatic heterocycles. The summed E-state index contributed by atoms with van der Waals surface area (Å²) in [5, 5.41) is 0. The first-order valence-corrected chi connectivity index (χ1v) is 18.3. The van der Waals surface area contributed by atoms with E-state index in [0.717, 1.165) is 67.6 Å². The lowest BCUT2D eigenvalue weighted by Crippen LogP contribution is -2.31. The Morgan fingerprint density at radius 1 is 0.875 bits per heavy atom. The van der Waals surface area contributed by atoms with Gasteiger partial charge in [0.05, 0.1) is 29.2 Å². The van der Waals surface area contributed by atoms with Gasteiger partial charge < -0.3 is 5.73 Å². The number of allylic oxidation sites excluding steroid dienone is 13. The largest absolute Gasteiger partial charge is 0.322 e. The van der Waals surface area contributed by atoms with E-state index < -0.39 is 0 Å². The van der Waals surface area contributed by atoms with E-state index in [1.807, 2.05) is 0 Å². The second-order valence-corrected chi connectivity index (χ2v) is 14.6. The van der Waals surface area contributed by atoms with E-state index in [1.165, 1.54) is 40.8 Å². The lowest BCUT2D eigenvalue weighted by molar-refractivity contribution is 0.416. The van der Waals surface area contributed by atoms with Gasteiger partial charge in [-0.3, -0.25) is 15.0 Å². The number of dihydropyridines is 1. The summed E-state index contributed by atoms with van der Waals surface area (Å²) in [5.74, 6) is 2.00. The van der Waals surface area contributed by atoms with Crippen LogP contribution in [-0.4, -0.2) is 22.4 Å². The van der Waals surface area contributed by atoms with Gasteiger partial charge in [0, 0.05) is 29.7 Å². The molecule has 4 heteroatoms. The highest BCUT2D eigenvalue weighted by molar-refractivity contribution is 6.13. The molecule has 7 aliphatic rings. The molecule has 7 atom stereocenters. The fourth-order valence-corrected chi connectivity index (χ4v) is 8.71. The summed E-state index contributed by atoms with van der Waals surface area (Å²) in [7, 11) is 0. The Labute approximate surface area is 286 Å². The molecule has 0 radical (unpaired) electrons. The third-order valence-corrected chi connectivity index (χ3v) is 11.3. The van der Waals surface area contributed by atoms with Crippen molar-refractivity contribution in [1.82, 2.24) is 4.98 Å². The van der Waals surface area contributed by atoms with Crippen LogP contribution in [0.25, 0.3) is 6.08 Å². The maximum absolute atomic E-state index is 6.81. The Bertz CT molecular complexity index is 1810. The standard InChI is InChI=1S/C44H48N4/c1-29-11-5-6-12-30(25-29)21-22-31-23-24-34-27-35(28-46-43(34)42(31)45)32-13-9-14-33(26-32)39-19-10-20-41(47-39)44-38-17-4-2-3-15-36(38)37-16-7-8-18-40(37)48-44/h2,4,6,8-12,14,18,20-24,26-28,30-32,36-37,39,42H,3,5,7,13,15-17,19,25,45H2,1H3/b22-21+/t30?,31?,32?,36?,37?,39-,42?/m0/s1. The van der Waals surface area contributed by atoms with Crippen LogP contribution in [0.5, 0.6) is 0 Å². The number of aromatic nitrogens is 1. The Hall–Kier alpha value is -4.15. The van der Waals surface area contributed by atoms with E-state index in [-0.39, 0.29) is 23.9 Å². The normalized spacial score (nSPS) is 32.5. The highest BCUT2D eigenvalue weighted by Crippen LogP contribution is 2.43. The van der Waals surface area contributed by atoms with Crippen molar-refractivity contribution < 1.29 is 0 Å². The zero-order valence-electron chi connectivity index (χ0n) is 28.2. The van der Waals surface area contributed by atoms with E-state index >= 15 is 0 Å². The molecule has 0 saturated carbocycles. The van der Waals surface area contributed by atoms with E-state index in [4.69, 9.17) is 20.7 Å². The van der Waals surface area contributed by atoms with Gasteiger partial charge >= 0.3 is 0 Å². The first-order chi connectivity index (χ1) is 23.6. The molecule has 1 aromatic rings. The summed E-state index contributed by atoms with van der Waals surface area (Å²) in [5.41, 5.74) is 17.9. The molecule has 0 fully saturated rings. The Morgan fingerprint density at radius 3 is 2.73 bits per heavy atom. The molecule has 2 aliphatic heterocycles. The van der Waals surface area contributed by atoms with Crippen molar-refractivity contribution in [2.45, 2.75) is 82.7 Å². The maximum Gasteiger partial charge on any atom is 0.0883 e. The molecule has 0 aromatic carbocycles. The van der Waals surface area contributed by atoms with Crippen molar-refractivity contribution in [2.75, 3.05) is 0 Å². The predicted octanol–water partition coefficient (Wildman–Crippen LogP) is 9.96. The van der Waals surface area contributed by atoms with Gasteiger partial charge in [0.2, 0.25) is 0 Å². The average Bonchev–Trinajstić information content (AvgIpc) is 3.51. The summed E-state index contributed by atoms with van der Waals surface area (Å²) in [6, 6.07) is 2.28. The number of hydrogen-bond acceptors (Lipinski definition) is 4. The van der Waals surface area contributed by atoms with Gasteiger partial charge in [0.1, 0.15) is 0 Å². The Morgan fingerprint density at radius 2 is 1.77 bits per heavy atom. The zero-order valence-corrected chi connectivity index (χ0v) is 28.2. The third-order valence-electron chi connectivity index (χ3n) is 11.3. The Kier molecular flexibility index (Phi) is 8.93. The number of fused-ring (bicyclic) bond motifs is 4. The van der Waals surface area contributed by atoms with Crippen LogP contribution < -0.4 is 5.73 Å². The first-order valence-electron chi connectivity index (χ1n) is 18.3. The summed E-state index contributed by atoms with van der Waals surface area (Å²) in [6.07, 6.45) is 48.7. The van der Waals surface area contributed by atoms with Crippen LogP contribution in [0.3, 0.4) is 0 Å². The second-order valence-electron chi connectivity index (χ2n) is 14.6. The summed E-state index contributed by atoms with van der Waals surface area (Å²) in [6.45, 7) is 2.23. The molecular formula is C44H48N4. The summed E-state index contributed by atoms with van der Waals surface area (Å²) in [4.78, 5) is 15.7. The summed E-state index contributed by atoms with van der Waals surface area (Å²) < 4.78 is 0. The minimum Gasteiger partial charge on any atom is -0.322 e. The highest BCUT2D eigenvalue weighted by atomic mass is 14.9.